The SMILES string of the molecule is CNC1(CC(=O)O)CCOC(C(C)C)C1. The van der Waals surface area contributed by atoms with E-state index in [2.05, 4.69) is 19.2 Å². The number of nitrogens with one attached hydrogen (secondary N) is 1. The van der Waals surface area contributed by atoms with Crippen molar-refractivity contribution >= 4 is 5.97 Å². The van der Waals surface area contributed by atoms with Crippen molar-refractivity contribution in [1.82, 2.24) is 5.32 Å². The maximum absolute atomic E-state index is 10.8. The van der Waals surface area contributed by atoms with Crippen LogP contribution in [0.1, 0.15) is 33.1 Å². The first-order valence-corrected chi connectivity index (χ1v) is 5.51. The van der Waals surface area contributed by atoms with Gasteiger partial charge in [0.1, 0.15) is 0 Å². The average molecular weight is 215 g/mol. The van der Waals surface area contributed by atoms with E-state index in [4.69, 9.17) is 9.84 Å². The van der Waals surface area contributed by atoms with E-state index < -0.39 is 5.97 Å². The maximum Gasteiger partial charge on any atom is 0.305 e. The van der Waals surface area contributed by atoms with Crippen LogP contribution in [0.25, 0.3) is 0 Å². The van der Waals surface area contributed by atoms with Crippen LogP contribution in [0.15, 0.2) is 0 Å². The van der Waals surface area contributed by atoms with Crippen LogP contribution in [0.3, 0.4) is 0 Å². The molecule has 0 aromatic rings. The largest absolute Gasteiger partial charge is 0.481 e. The molecule has 0 spiro atoms. The van der Waals surface area contributed by atoms with Crippen molar-refractivity contribution < 1.29 is 14.6 Å². The molecule has 2 atom stereocenters. The molecular weight excluding hydrogens is 194 g/mol. The molecule has 0 aliphatic carbocycles. The van der Waals surface area contributed by atoms with E-state index in [1.807, 2.05) is 7.05 Å². The molecule has 1 heterocycles. The maximum atomic E-state index is 10.8. The highest BCUT2D eigenvalue weighted by atomic mass is 16.5. The van der Waals surface area contributed by atoms with E-state index in [-0.39, 0.29) is 18.1 Å². The van der Waals surface area contributed by atoms with E-state index in [0.29, 0.717) is 12.5 Å². The fraction of sp³-hybridized carbons (Fsp3) is 0.909. The Bertz CT molecular complexity index is 230. The number of rotatable bonds is 4. The van der Waals surface area contributed by atoms with Crippen LogP contribution in [0.2, 0.25) is 0 Å². The molecule has 2 unspecified atom stereocenters. The number of ether oxygens (including phenoxy) is 1. The van der Waals surface area contributed by atoms with Gasteiger partial charge < -0.3 is 15.2 Å². The van der Waals surface area contributed by atoms with Gasteiger partial charge in [-0.25, -0.2) is 0 Å². The number of aliphatic carboxylic acids is 1. The summed E-state index contributed by atoms with van der Waals surface area (Å²) in [5, 5.41) is 12.1. The lowest BCUT2D eigenvalue weighted by Crippen LogP contribution is -2.52. The highest BCUT2D eigenvalue weighted by Gasteiger charge is 2.38. The van der Waals surface area contributed by atoms with Gasteiger partial charge in [-0.1, -0.05) is 13.8 Å². The number of carboxylic acids is 1. The second kappa shape index (κ2) is 4.94. The van der Waals surface area contributed by atoms with Gasteiger partial charge in [0, 0.05) is 12.1 Å². The van der Waals surface area contributed by atoms with Crippen LogP contribution in [-0.2, 0) is 9.53 Å². The molecule has 0 aromatic heterocycles. The Kier molecular flexibility index (Phi) is 4.11. The molecule has 0 saturated carbocycles. The summed E-state index contributed by atoms with van der Waals surface area (Å²) in [6, 6.07) is 0. The Hall–Kier alpha value is -0.610. The molecule has 15 heavy (non-hydrogen) atoms. The minimum absolute atomic E-state index is 0.172. The molecule has 4 nitrogen and oxygen atoms in total. The molecule has 2 N–H and O–H groups in total. The second-order valence-corrected chi connectivity index (χ2v) is 4.71. The van der Waals surface area contributed by atoms with E-state index in [0.717, 1.165) is 12.8 Å². The smallest absolute Gasteiger partial charge is 0.305 e. The zero-order valence-corrected chi connectivity index (χ0v) is 9.75. The Morgan fingerprint density at radius 2 is 2.33 bits per heavy atom. The van der Waals surface area contributed by atoms with E-state index in [9.17, 15) is 4.79 Å². The molecule has 0 amide bonds. The molecule has 1 saturated heterocycles. The topological polar surface area (TPSA) is 58.6 Å². The predicted octanol–water partition coefficient (Wildman–Crippen LogP) is 1.25. The Balaban J connectivity index is 2.67. The summed E-state index contributed by atoms with van der Waals surface area (Å²) in [5.74, 6) is -0.305. The molecule has 1 aliphatic heterocycles. The molecular formula is C11H21NO3. The molecule has 0 aromatic carbocycles. The average Bonchev–Trinajstić information content (AvgIpc) is 2.17. The third kappa shape index (κ3) is 3.18. The van der Waals surface area contributed by atoms with Crippen molar-refractivity contribution in [2.45, 2.75) is 44.8 Å². The zero-order valence-electron chi connectivity index (χ0n) is 9.75. The van der Waals surface area contributed by atoms with Crippen molar-refractivity contribution in [1.29, 1.82) is 0 Å². The number of hydrogen-bond donors (Lipinski definition) is 2. The van der Waals surface area contributed by atoms with E-state index >= 15 is 0 Å². The fourth-order valence-electron chi connectivity index (χ4n) is 2.15. The summed E-state index contributed by atoms with van der Waals surface area (Å²) in [4.78, 5) is 10.8. The molecule has 1 rings (SSSR count). The van der Waals surface area contributed by atoms with Gasteiger partial charge in [0.25, 0.3) is 0 Å². The Morgan fingerprint density at radius 1 is 1.67 bits per heavy atom. The monoisotopic (exact) mass is 215 g/mol. The molecule has 1 aliphatic rings. The Labute approximate surface area is 91.0 Å². The van der Waals surface area contributed by atoms with Gasteiger partial charge in [-0.05, 0) is 25.8 Å². The van der Waals surface area contributed by atoms with E-state index in [1.54, 1.807) is 0 Å². The minimum atomic E-state index is -0.742. The first kappa shape index (κ1) is 12.5. The lowest BCUT2D eigenvalue weighted by molar-refractivity contribution is -0.141. The van der Waals surface area contributed by atoms with Crippen LogP contribution in [0, 0.1) is 5.92 Å². The van der Waals surface area contributed by atoms with Gasteiger partial charge in [-0.15, -0.1) is 0 Å². The van der Waals surface area contributed by atoms with Crippen LogP contribution in [0.4, 0.5) is 0 Å². The van der Waals surface area contributed by atoms with Gasteiger partial charge >= 0.3 is 5.97 Å². The van der Waals surface area contributed by atoms with Crippen LogP contribution in [-0.4, -0.2) is 36.4 Å². The van der Waals surface area contributed by atoms with Gasteiger partial charge in [-0.3, -0.25) is 4.79 Å². The lowest BCUT2D eigenvalue weighted by Gasteiger charge is -2.41. The highest BCUT2D eigenvalue weighted by molar-refractivity contribution is 5.68. The van der Waals surface area contributed by atoms with Crippen molar-refractivity contribution in [2.24, 2.45) is 5.92 Å². The summed E-state index contributed by atoms with van der Waals surface area (Å²) in [6.07, 6.45) is 1.91. The van der Waals surface area contributed by atoms with Crippen molar-refractivity contribution in [3.8, 4) is 0 Å². The zero-order chi connectivity index (χ0) is 11.5. The second-order valence-electron chi connectivity index (χ2n) is 4.71. The van der Waals surface area contributed by atoms with Crippen LogP contribution >= 0.6 is 0 Å². The lowest BCUT2D eigenvalue weighted by atomic mass is 9.81. The van der Waals surface area contributed by atoms with Gasteiger partial charge in [-0.2, -0.15) is 0 Å². The quantitative estimate of drug-likeness (QED) is 0.741. The van der Waals surface area contributed by atoms with Gasteiger partial charge in [0.05, 0.1) is 12.5 Å². The third-order valence-electron chi connectivity index (χ3n) is 3.27. The third-order valence-corrected chi connectivity index (χ3v) is 3.27. The van der Waals surface area contributed by atoms with E-state index in [1.165, 1.54) is 0 Å². The normalized spacial score (nSPS) is 31.9. The highest BCUT2D eigenvalue weighted by Crippen LogP contribution is 2.30. The van der Waals surface area contributed by atoms with Gasteiger partial charge in [0.2, 0.25) is 0 Å². The van der Waals surface area contributed by atoms with Crippen LogP contribution in [0.5, 0.6) is 0 Å². The summed E-state index contributed by atoms with van der Waals surface area (Å²) in [5.41, 5.74) is -0.279. The predicted molar refractivity (Wildman–Crippen MR) is 57.9 cm³/mol. The number of carboxylic acid groups (broad SMARTS) is 1. The number of hydrogen-bond acceptors (Lipinski definition) is 3. The molecule has 1 fully saturated rings. The van der Waals surface area contributed by atoms with Crippen LogP contribution < -0.4 is 5.32 Å². The molecule has 0 bridgehead atoms. The number of carbonyl (C=O) groups is 1. The van der Waals surface area contributed by atoms with Gasteiger partial charge in [0.15, 0.2) is 0 Å². The molecule has 88 valence electrons. The Morgan fingerprint density at radius 3 is 2.80 bits per heavy atom. The first-order valence-electron chi connectivity index (χ1n) is 5.51. The molecule has 0 radical (unpaired) electrons. The summed E-state index contributed by atoms with van der Waals surface area (Å²) in [7, 11) is 1.84. The van der Waals surface area contributed by atoms with Crippen molar-refractivity contribution in [3.05, 3.63) is 0 Å². The fourth-order valence-corrected chi connectivity index (χ4v) is 2.15. The minimum Gasteiger partial charge on any atom is -0.481 e. The standard InChI is InChI=1S/C11H21NO3/c1-8(2)9-6-11(12-3,4-5-15-9)7-10(13)14/h8-9,12H,4-7H2,1-3H3,(H,13,14). The van der Waals surface area contributed by atoms with Crippen molar-refractivity contribution in [3.63, 3.8) is 0 Å². The summed E-state index contributed by atoms with van der Waals surface area (Å²) < 4.78 is 5.65. The first-order chi connectivity index (χ1) is 6.99. The summed E-state index contributed by atoms with van der Waals surface area (Å²) >= 11 is 0. The van der Waals surface area contributed by atoms with Crippen molar-refractivity contribution in [2.75, 3.05) is 13.7 Å². The summed E-state index contributed by atoms with van der Waals surface area (Å²) in [6.45, 7) is 4.87. The molecule has 4 heteroatoms.